The molecular formula is Cr5. The zero-order valence-corrected chi connectivity index (χ0v) is 8.42. The molecule has 0 nitrogen and oxygen atoms in total. The Labute approximate surface area is 85.7 Å². The molecule has 0 heterocycles. The topological polar surface area (TPSA) is 0 Å². The summed E-state index contributed by atoms with van der Waals surface area (Å²) in [5.74, 6) is 0. The summed E-state index contributed by atoms with van der Waals surface area (Å²) in [6, 6.07) is 0. The van der Waals surface area contributed by atoms with Crippen molar-refractivity contribution in [3.8, 4) is 0 Å². The molecule has 0 aromatic carbocycles. The first-order chi connectivity index (χ1) is 0. The van der Waals surface area contributed by atoms with E-state index in [1.165, 1.54) is 0 Å². The summed E-state index contributed by atoms with van der Waals surface area (Å²) in [5.41, 5.74) is 0. The molecule has 0 rings (SSSR count). The minimum absolute atomic E-state index is 0. The van der Waals surface area contributed by atoms with Crippen molar-refractivity contribution in [1.82, 2.24) is 0 Å². The minimum Gasteiger partial charge on any atom is 0 e. The molecular weight excluding hydrogens is 260 g/mol. The summed E-state index contributed by atoms with van der Waals surface area (Å²) in [5, 5.41) is 0. The van der Waals surface area contributed by atoms with Gasteiger partial charge in [0.05, 0.1) is 0 Å². The van der Waals surface area contributed by atoms with Gasteiger partial charge in [0.25, 0.3) is 0 Å². The van der Waals surface area contributed by atoms with Crippen LogP contribution in [0.2, 0.25) is 0 Å². The van der Waals surface area contributed by atoms with Crippen LogP contribution in [0.4, 0.5) is 0 Å². The third kappa shape index (κ3) is 20.4. The monoisotopic (exact) mass is 260 g/mol. The Morgan fingerprint density at radius 2 is 0.200 bits per heavy atom. The van der Waals surface area contributed by atoms with Gasteiger partial charge in [-0.1, -0.05) is 0 Å². The minimum atomic E-state index is 0. The van der Waals surface area contributed by atoms with Gasteiger partial charge in [0.2, 0.25) is 0 Å². The molecule has 30 valence electrons. The third-order valence-electron chi connectivity index (χ3n) is 0. The van der Waals surface area contributed by atoms with Crippen LogP contribution in [0.3, 0.4) is 0 Å². The van der Waals surface area contributed by atoms with Gasteiger partial charge in [-0.3, -0.25) is 0 Å². The summed E-state index contributed by atoms with van der Waals surface area (Å²) in [4.78, 5) is 0. The standard InChI is InChI=1S/5Cr. The van der Waals surface area contributed by atoms with Crippen LogP contribution in [-0.2, 0) is 86.8 Å². The maximum Gasteiger partial charge on any atom is 0 e. The Balaban J connectivity index is 0. The Morgan fingerprint density at radius 1 is 0.200 bits per heavy atom. The van der Waals surface area contributed by atoms with E-state index in [9.17, 15) is 0 Å². The third-order valence-corrected chi connectivity index (χ3v) is 0. The van der Waals surface area contributed by atoms with Gasteiger partial charge in [0, 0.05) is 86.8 Å². The first-order valence-electron chi connectivity index (χ1n) is 0. The molecule has 0 N–H and O–H groups in total. The van der Waals surface area contributed by atoms with E-state index in [1.807, 2.05) is 0 Å². The van der Waals surface area contributed by atoms with Gasteiger partial charge >= 0.3 is 0 Å². The van der Waals surface area contributed by atoms with Crippen molar-refractivity contribution in [2.75, 3.05) is 0 Å². The van der Waals surface area contributed by atoms with Crippen LogP contribution in [-0.4, -0.2) is 0 Å². The van der Waals surface area contributed by atoms with Crippen molar-refractivity contribution >= 4 is 0 Å². The average molecular weight is 260 g/mol. The van der Waals surface area contributed by atoms with E-state index in [0.29, 0.717) is 0 Å². The van der Waals surface area contributed by atoms with Crippen molar-refractivity contribution in [3.63, 3.8) is 0 Å². The van der Waals surface area contributed by atoms with Gasteiger partial charge in [-0.25, -0.2) is 0 Å². The summed E-state index contributed by atoms with van der Waals surface area (Å²) in [6.45, 7) is 0. The van der Waals surface area contributed by atoms with Gasteiger partial charge in [-0.05, 0) is 0 Å². The van der Waals surface area contributed by atoms with E-state index in [0.717, 1.165) is 0 Å². The average Bonchev–Trinajstić information content (AvgIpc) is 0. The number of rotatable bonds is 0. The number of hydrogen-bond acceptors (Lipinski definition) is 0. The molecule has 0 aliphatic carbocycles. The van der Waals surface area contributed by atoms with E-state index in [4.69, 9.17) is 0 Å². The van der Waals surface area contributed by atoms with Crippen molar-refractivity contribution in [2.45, 2.75) is 0 Å². The second-order valence-corrected chi connectivity index (χ2v) is 0. The molecule has 0 amide bonds. The maximum absolute atomic E-state index is 0. The molecule has 5 heavy (non-hydrogen) atoms. The van der Waals surface area contributed by atoms with Crippen molar-refractivity contribution < 1.29 is 86.8 Å². The second kappa shape index (κ2) is 30.1. The molecule has 0 aromatic rings. The zero-order chi connectivity index (χ0) is 0. The summed E-state index contributed by atoms with van der Waals surface area (Å²) < 4.78 is 0. The number of hydrogen-bond donors (Lipinski definition) is 0. The van der Waals surface area contributed by atoms with Gasteiger partial charge in [-0.2, -0.15) is 0 Å². The quantitative estimate of drug-likeness (QED) is 0.574. The van der Waals surface area contributed by atoms with Crippen LogP contribution in [0, 0.1) is 0 Å². The first-order valence-corrected chi connectivity index (χ1v) is 0. The zero-order valence-electron chi connectivity index (χ0n) is 2.04. The van der Waals surface area contributed by atoms with E-state index in [2.05, 4.69) is 0 Å². The molecule has 0 aromatic heterocycles. The Morgan fingerprint density at radius 3 is 0.200 bits per heavy atom. The molecule has 0 bridgehead atoms. The van der Waals surface area contributed by atoms with E-state index < -0.39 is 0 Å². The van der Waals surface area contributed by atoms with Crippen LogP contribution in [0.1, 0.15) is 0 Å². The predicted molar refractivity (Wildman–Crippen MR) is 0 cm³/mol. The summed E-state index contributed by atoms with van der Waals surface area (Å²) >= 11 is 0. The molecule has 0 saturated heterocycles. The van der Waals surface area contributed by atoms with E-state index in [1.54, 1.807) is 0 Å². The van der Waals surface area contributed by atoms with Crippen molar-refractivity contribution in [3.05, 3.63) is 0 Å². The van der Waals surface area contributed by atoms with Crippen LogP contribution in [0.5, 0.6) is 0 Å². The summed E-state index contributed by atoms with van der Waals surface area (Å²) in [6.07, 6.45) is 0. The van der Waals surface area contributed by atoms with Gasteiger partial charge in [-0.15, -0.1) is 0 Å². The molecule has 0 saturated carbocycles. The Hall–Kier alpha value is 2.66. The van der Waals surface area contributed by atoms with Gasteiger partial charge < -0.3 is 0 Å². The molecule has 0 unspecified atom stereocenters. The van der Waals surface area contributed by atoms with Crippen LogP contribution < -0.4 is 0 Å². The normalized spacial score (nSPS) is 0. The Bertz CT molecular complexity index is 0. The van der Waals surface area contributed by atoms with E-state index in [-0.39, 0.29) is 86.8 Å². The van der Waals surface area contributed by atoms with Crippen molar-refractivity contribution in [2.24, 2.45) is 0 Å². The Kier molecular flexibility index (Phi) is 289. The maximum atomic E-state index is 0. The molecule has 0 aliphatic rings. The first kappa shape index (κ1) is 48.0. The van der Waals surface area contributed by atoms with Crippen LogP contribution >= 0.6 is 0 Å². The molecule has 0 fully saturated rings. The molecule has 0 atom stereocenters. The SMILES string of the molecule is [Cr].[Cr].[Cr].[Cr].[Cr]. The smallest absolute Gasteiger partial charge is 0 e. The molecule has 0 radical (unpaired) electrons. The van der Waals surface area contributed by atoms with Gasteiger partial charge in [0.15, 0.2) is 0 Å². The fraction of sp³-hybridized carbons (Fsp3) is 0. The summed E-state index contributed by atoms with van der Waals surface area (Å²) in [7, 11) is 0. The molecule has 0 spiro atoms. The fourth-order valence-corrected chi connectivity index (χ4v) is 0. The van der Waals surface area contributed by atoms with Crippen molar-refractivity contribution in [1.29, 1.82) is 0 Å². The second-order valence-electron chi connectivity index (χ2n) is 0. The molecule has 0 aliphatic heterocycles. The van der Waals surface area contributed by atoms with Crippen LogP contribution in [0.15, 0.2) is 0 Å². The predicted octanol–water partition coefficient (Wildman–Crippen LogP) is -0.0125. The van der Waals surface area contributed by atoms with Crippen LogP contribution in [0.25, 0.3) is 0 Å². The van der Waals surface area contributed by atoms with Gasteiger partial charge in [0.1, 0.15) is 0 Å². The molecule has 5 heteroatoms. The van der Waals surface area contributed by atoms with E-state index >= 15 is 0 Å². The largest absolute Gasteiger partial charge is 0 e. The fourth-order valence-electron chi connectivity index (χ4n) is 0.